The van der Waals surface area contributed by atoms with Gasteiger partial charge in [0.1, 0.15) is 0 Å². The molecule has 0 nitrogen and oxygen atoms in total. The average Bonchev–Trinajstić information content (AvgIpc) is 3.30. The number of fused-ring (bicyclic) bond motifs is 6. The van der Waals surface area contributed by atoms with Gasteiger partial charge in [-0.05, 0) is 0 Å². The van der Waals surface area contributed by atoms with Crippen molar-refractivity contribution in [1.29, 1.82) is 0 Å². The second-order valence-electron chi connectivity index (χ2n) is 7.51. The van der Waals surface area contributed by atoms with Gasteiger partial charge < -0.3 is 0 Å². The van der Waals surface area contributed by atoms with Crippen LogP contribution in [0.25, 0.3) is 42.4 Å². The second-order valence-corrected chi connectivity index (χ2v) is 14.0. The molecule has 2 heteroatoms. The van der Waals surface area contributed by atoms with E-state index in [1.54, 1.807) is 7.14 Å². The molecule has 2 heterocycles. The van der Waals surface area contributed by atoms with Crippen LogP contribution in [-0.4, -0.2) is 4.43 Å². The van der Waals surface area contributed by atoms with Crippen molar-refractivity contribution in [2.45, 2.75) is 13.3 Å². The summed E-state index contributed by atoms with van der Waals surface area (Å²) in [4.78, 5) is 0. The molecule has 1 aliphatic heterocycles. The van der Waals surface area contributed by atoms with E-state index < -0.39 is 19.8 Å². The molecule has 0 spiro atoms. The van der Waals surface area contributed by atoms with Gasteiger partial charge in [-0.3, -0.25) is 0 Å². The van der Waals surface area contributed by atoms with Crippen LogP contribution in [0.4, 0.5) is 0 Å². The molecule has 0 N–H and O–H groups in total. The predicted molar refractivity (Wildman–Crippen MR) is 123 cm³/mol. The van der Waals surface area contributed by atoms with Crippen LogP contribution in [0.15, 0.2) is 84.9 Å². The maximum absolute atomic E-state index is 2.54. The molecule has 0 amide bonds. The Morgan fingerprint density at radius 1 is 0.690 bits per heavy atom. The zero-order valence-electron chi connectivity index (χ0n) is 16.3. The fourth-order valence-corrected chi connectivity index (χ4v) is 12.2. The van der Waals surface area contributed by atoms with Crippen molar-refractivity contribution in [3.63, 3.8) is 0 Å². The normalized spacial score (nSPS) is 13.8. The zero-order valence-corrected chi connectivity index (χ0v) is 19.3. The third-order valence-electron chi connectivity index (χ3n) is 5.72. The van der Waals surface area contributed by atoms with Crippen LogP contribution in [0.3, 0.4) is 0 Å². The van der Waals surface area contributed by atoms with E-state index >= 15 is 0 Å². The molecule has 29 heavy (non-hydrogen) atoms. The molecule has 1 aromatic heterocycles. The first kappa shape index (κ1) is 17.7. The van der Waals surface area contributed by atoms with Crippen LogP contribution in [0.2, 0.25) is 0 Å². The molecule has 0 atom stereocenters. The van der Waals surface area contributed by atoms with E-state index in [0.717, 1.165) is 0 Å². The summed E-state index contributed by atoms with van der Waals surface area (Å²) >= 11 is 0.602. The number of alkyl halides is 1. The van der Waals surface area contributed by atoms with Gasteiger partial charge >= 0.3 is 183 Å². The number of hydrogen-bond acceptors (Lipinski definition) is 1. The van der Waals surface area contributed by atoms with Crippen molar-refractivity contribution in [3.8, 4) is 22.3 Å². The van der Waals surface area contributed by atoms with Gasteiger partial charge in [0.2, 0.25) is 0 Å². The average molecular weight is 504 g/mol. The van der Waals surface area contributed by atoms with Crippen molar-refractivity contribution in [3.05, 3.63) is 92.1 Å². The SMILES string of the molecule is CCC[I-]1c2ccccc2-c2ccc(-c3cccc4c3sc3ccccc34)cc21. The fourth-order valence-electron chi connectivity index (χ4n) is 4.45. The van der Waals surface area contributed by atoms with Crippen LogP contribution in [0.1, 0.15) is 13.3 Å². The summed E-state index contributed by atoms with van der Waals surface area (Å²) in [7, 11) is 0. The topological polar surface area (TPSA) is 0 Å². The summed E-state index contributed by atoms with van der Waals surface area (Å²) in [6.45, 7) is 2.33. The maximum atomic E-state index is 2.54. The molecule has 0 bridgehead atoms. The van der Waals surface area contributed by atoms with E-state index in [1.165, 1.54) is 53.3 Å². The summed E-state index contributed by atoms with van der Waals surface area (Å²) in [5, 5.41) is 2.76. The van der Waals surface area contributed by atoms with Gasteiger partial charge in [-0.15, -0.1) is 0 Å². The number of thiophene rings is 1. The summed E-state index contributed by atoms with van der Waals surface area (Å²) in [5.74, 6) is 0. The first-order chi connectivity index (χ1) is 14.3. The first-order valence-corrected chi connectivity index (χ1v) is 14.6. The van der Waals surface area contributed by atoms with Crippen molar-refractivity contribution in [2.24, 2.45) is 0 Å². The van der Waals surface area contributed by atoms with Crippen LogP contribution in [0.5, 0.6) is 0 Å². The van der Waals surface area contributed by atoms with Crippen LogP contribution < -0.4 is 19.8 Å². The Morgan fingerprint density at radius 2 is 1.45 bits per heavy atom. The summed E-state index contributed by atoms with van der Waals surface area (Å²) < 4.78 is 7.48. The summed E-state index contributed by atoms with van der Waals surface area (Å²) in [6, 6.07) is 32.0. The van der Waals surface area contributed by atoms with Gasteiger partial charge in [-0.25, -0.2) is 0 Å². The number of rotatable bonds is 3. The molecule has 143 valence electrons. The van der Waals surface area contributed by atoms with E-state index in [4.69, 9.17) is 0 Å². The molecule has 0 fully saturated rings. The van der Waals surface area contributed by atoms with E-state index in [9.17, 15) is 0 Å². The zero-order chi connectivity index (χ0) is 19.4. The van der Waals surface area contributed by atoms with Crippen molar-refractivity contribution < 1.29 is 19.8 Å². The number of halogens is 1. The third kappa shape index (κ3) is 2.69. The van der Waals surface area contributed by atoms with Crippen LogP contribution >= 0.6 is 11.3 Å². The molecule has 1 aliphatic rings. The fraction of sp³-hybridized carbons (Fsp3) is 0.111. The Hall–Kier alpha value is -2.17. The number of hydrogen-bond donors (Lipinski definition) is 0. The minimum atomic E-state index is -1.33. The molecule has 0 saturated heterocycles. The molecule has 4 aromatic carbocycles. The molecule has 6 rings (SSSR count). The second kappa shape index (κ2) is 6.96. The quantitative estimate of drug-likeness (QED) is 0.245. The Kier molecular flexibility index (Phi) is 4.24. The standard InChI is InChI=1S/C27H21IS/c1-2-16-28-24-12-5-3-8-20(24)21-15-14-18(17-25(21)28)19-10-7-11-23-22-9-4-6-13-26(22)29-27(19)23/h3-15,17H,2,16H2,1H3/q-1. The molecule has 0 unspecified atom stereocenters. The third-order valence-corrected chi connectivity index (χ3v) is 13.7. The predicted octanol–water partition coefficient (Wildman–Crippen LogP) is 4.78. The Bertz CT molecular complexity index is 1380. The van der Waals surface area contributed by atoms with Crippen LogP contribution in [-0.2, 0) is 0 Å². The molecule has 1 radical (unpaired) electrons. The van der Waals surface area contributed by atoms with E-state index in [-0.39, 0.29) is 0 Å². The van der Waals surface area contributed by atoms with Gasteiger partial charge in [-0.1, -0.05) is 0 Å². The van der Waals surface area contributed by atoms with Gasteiger partial charge in [0, 0.05) is 0 Å². The first-order valence-electron chi connectivity index (χ1n) is 10.1. The monoisotopic (exact) mass is 504 g/mol. The van der Waals surface area contributed by atoms with E-state index in [2.05, 4.69) is 91.9 Å². The summed E-state index contributed by atoms with van der Waals surface area (Å²) in [6.07, 6.45) is 1.27. The molecular formula is C27H21IS-. The minimum absolute atomic E-state index is 1.27. The van der Waals surface area contributed by atoms with Crippen molar-refractivity contribution in [1.82, 2.24) is 0 Å². The summed E-state index contributed by atoms with van der Waals surface area (Å²) in [5.41, 5.74) is 5.75. The van der Waals surface area contributed by atoms with Gasteiger partial charge in [0.15, 0.2) is 0 Å². The van der Waals surface area contributed by atoms with E-state index in [1.807, 2.05) is 11.3 Å². The Morgan fingerprint density at radius 3 is 2.38 bits per heavy atom. The Balaban J connectivity index is 1.57. The van der Waals surface area contributed by atoms with Gasteiger partial charge in [0.25, 0.3) is 0 Å². The van der Waals surface area contributed by atoms with Gasteiger partial charge in [0.05, 0.1) is 0 Å². The van der Waals surface area contributed by atoms with Gasteiger partial charge in [-0.2, -0.15) is 0 Å². The molecular weight excluding hydrogens is 483 g/mol. The molecule has 0 aliphatic carbocycles. The number of benzene rings is 4. The van der Waals surface area contributed by atoms with Crippen LogP contribution in [0, 0.1) is 7.14 Å². The Labute approximate surface area is 182 Å². The van der Waals surface area contributed by atoms with Crippen molar-refractivity contribution in [2.75, 3.05) is 4.43 Å². The van der Waals surface area contributed by atoms with Crippen molar-refractivity contribution >= 4 is 31.5 Å². The molecule has 0 saturated carbocycles. The van der Waals surface area contributed by atoms with E-state index in [0.29, 0.717) is 0 Å². The molecule has 5 aromatic rings.